The highest BCUT2D eigenvalue weighted by atomic mass is 79.9. The highest BCUT2D eigenvalue weighted by Crippen LogP contribution is 2.23. The number of halogens is 3. The highest BCUT2D eigenvalue weighted by molar-refractivity contribution is 9.10. The van der Waals surface area contributed by atoms with Crippen LogP contribution in [0.4, 0.5) is 4.39 Å². The van der Waals surface area contributed by atoms with Gasteiger partial charge >= 0.3 is 0 Å². The van der Waals surface area contributed by atoms with Crippen LogP contribution in [0.1, 0.15) is 18.1 Å². The number of rotatable bonds is 5. The minimum absolute atomic E-state index is 0.194. The fourth-order valence-corrected chi connectivity index (χ4v) is 2.53. The van der Waals surface area contributed by atoms with E-state index in [9.17, 15) is 4.39 Å². The summed E-state index contributed by atoms with van der Waals surface area (Å²) in [6.45, 7) is 2.90. The predicted molar refractivity (Wildman–Crippen MR) is 85.6 cm³/mol. The van der Waals surface area contributed by atoms with Gasteiger partial charge < -0.3 is 5.32 Å². The molecule has 106 valence electrons. The fraction of sp³-hybridized carbons (Fsp3) is 0.250. The molecule has 0 aliphatic rings. The van der Waals surface area contributed by atoms with Crippen LogP contribution < -0.4 is 5.32 Å². The minimum atomic E-state index is -0.194. The van der Waals surface area contributed by atoms with E-state index >= 15 is 0 Å². The van der Waals surface area contributed by atoms with Crippen molar-refractivity contribution in [3.63, 3.8) is 0 Å². The summed E-state index contributed by atoms with van der Waals surface area (Å²) in [7, 11) is 0. The molecule has 1 atom stereocenters. The average Bonchev–Trinajstić information content (AvgIpc) is 2.43. The molecule has 1 unspecified atom stereocenters. The lowest BCUT2D eigenvalue weighted by Crippen LogP contribution is -2.27. The molecule has 20 heavy (non-hydrogen) atoms. The molecule has 0 aliphatic heterocycles. The second-order valence-corrected chi connectivity index (χ2v) is 6.12. The van der Waals surface area contributed by atoms with Crippen molar-refractivity contribution in [2.45, 2.75) is 25.9 Å². The summed E-state index contributed by atoms with van der Waals surface area (Å²) in [5.41, 5.74) is 2.30. The van der Waals surface area contributed by atoms with E-state index in [0.717, 1.165) is 23.0 Å². The molecule has 0 aromatic heterocycles. The molecular formula is C16H16BrClFN. The predicted octanol–water partition coefficient (Wildman–Crippen LogP) is 4.96. The van der Waals surface area contributed by atoms with Crippen molar-refractivity contribution in [3.8, 4) is 0 Å². The Bertz CT molecular complexity index is 571. The zero-order valence-corrected chi connectivity index (χ0v) is 13.5. The molecule has 0 aliphatic carbocycles. The Hall–Kier alpha value is -0.900. The summed E-state index contributed by atoms with van der Waals surface area (Å²) in [4.78, 5) is 0. The molecule has 0 fully saturated rings. The van der Waals surface area contributed by atoms with Crippen molar-refractivity contribution in [1.82, 2.24) is 5.32 Å². The van der Waals surface area contributed by atoms with E-state index in [1.165, 1.54) is 17.7 Å². The van der Waals surface area contributed by atoms with Crippen molar-refractivity contribution in [3.05, 3.63) is 68.9 Å². The van der Waals surface area contributed by atoms with Crippen LogP contribution in [0, 0.1) is 5.82 Å². The maximum Gasteiger partial charge on any atom is 0.123 e. The van der Waals surface area contributed by atoms with Crippen LogP contribution in [0.25, 0.3) is 0 Å². The lowest BCUT2D eigenvalue weighted by Gasteiger charge is -2.14. The lowest BCUT2D eigenvalue weighted by molar-refractivity contribution is 0.544. The van der Waals surface area contributed by atoms with Gasteiger partial charge in [0.2, 0.25) is 0 Å². The third kappa shape index (κ3) is 4.58. The minimum Gasteiger partial charge on any atom is -0.310 e. The number of nitrogens with one attached hydrogen (secondary N) is 1. The number of benzene rings is 2. The van der Waals surface area contributed by atoms with E-state index in [0.29, 0.717) is 11.1 Å². The van der Waals surface area contributed by atoms with E-state index in [1.807, 2.05) is 30.3 Å². The van der Waals surface area contributed by atoms with Gasteiger partial charge in [-0.05, 0) is 64.7 Å². The molecule has 0 radical (unpaired) electrons. The molecule has 0 saturated heterocycles. The van der Waals surface area contributed by atoms with Gasteiger partial charge in [-0.1, -0.05) is 29.8 Å². The molecule has 1 N–H and O–H groups in total. The van der Waals surface area contributed by atoms with Crippen LogP contribution in [0.5, 0.6) is 0 Å². The van der Waals surface area contributed by atoms with Gasteiger partial charge in [-0.2, -0.15) is 0 Å². The Labute approximate surface area is 132 Å². The smallest absolute Gasteiger partial charge is 0.123 e. The summed E-state index contributed by atoms with van der Waals surface area (Å²) in [5, 5.41) is 4.17. The molecular weight excluding hydrogens is 341 g/mol. The van der Waals surface area contributed by atoms with E-state index in [4.69, 9.17) is 11.6 Å². The number of hydrogen-bond acceptors (Lipinski definition) is 1. The second-order valence-electron chi connectivity index (χ2n) is 4.86. The van der Waals surface area contributed by atoms with E-state index in [2.05, 4.69) is 28.2 Å². The normalized spacial score (nSPS) is 12.4. The maximum absolute atomic E-state index is 12.8. The fourth-order valence-electron chi connectivity index (χ4n) is 1.99. The highest BCUT2D eigenvalue weighted by Gasteiger charge is 2.05. The van der Waals surface area contributed by atoms with E-state index in [-0.39, 0.29) is 5.82 Å². The molecule has 4 heteroatoms. The summed E-state index contributed by atoms with van der Waals surface area (Å²) in [6.07, 6.45) is 0.870. The summed E-state index contributed by atoms with van der Waals surface area (Å²) in [6, 6.07) is 12.9. The van der Waals surface area contributed by atoms with Crippen LogP contribution in [0.3, 0.4) is 0 Å². The first-order valence-corrected chi connectivity index (χ1v) is 7.63. The van der Waals surface area contributed by atoms with Crippen LogP contribution in [-0.4, -0.2) is 6.04 Å². The summed E-state index contributed by atoms with van der Waals surface area (Å²) < 4.78 is 13.7. The van der Waals surface area contributed by atoms with Crippen molar-refractivity contribution >= 4 is 27.5 Å². The lowest BCUT2D eigenvalue weighted by atomic mass is 10.1. The topological polar surface area (TPSA) is 12.0 Å². The van der Waals surface area contributed by atoms with Crippen LogP contribution in [0.15, 0.2) is 46.9 Å². The Kier molecular flexibility index (Phi) is 5.58. The first-order chi connectivity index (χ1) is 9.54. The Morgan fingerprint density at radius 3 is 2.45 bits per heavy atom. The van der Waals surface area contributed by atoms with Gasteiger partial charge in [0.25, 0.3) is 0 Å². The molecule has 2 rings (SSSR count). The van der Waals surface area contributed by atoms with Gasteiger partial charge in [0.1, 0.15) is 5.82 Å². The summed E-state index contributed by atoms with van der Waals surface area (Å²) >= 11 is 9.38. The molecule has 2 aromatic carbocycles. The molecule has 0 bridgehead atoms. The molecule has 0 heterocycles. The van der Waals surface area contributed by atoms with Gasteiger partial charge in [0.15, 0.2) is 0 Å². The zero-order chi connectivity index (χ0) is 14.5. The van der Waals surface area contributed by atoms with E-state index < -0.39 is 0 Å². The monoisotopic (exact) mass is 355 g/mol. The van der Waals surface area contributed by atoms with Gasteiger partial charge in [0, 0.05) is 17.1 Å². The Morgan fingerprint density at radius 1 is 1.15 bits per heavy atom. The van der Waals surface area contributed by atoms with Gasteiger partial charge in [-0.15, -0.1) is 0 Å². The molecule has 0 spiro atoms. The Morgan fingerprint density at radius 2 is 1.80 bits per heavy atom. The van der Waals surface area contributed by atoms with Gasteiger partial charge in [-0.3, -0.25) is 0 Å². The molecule has 0 amide bonds. The SMILES string of the molecule is CC(Cc1ccc(F)cc1)NCc1ccc(Cl)c(Br)c1. The van der Waals surface area contributed by atoms with Gasteiger partial charge in [0.05, 0.1) is 5.02 Å². The molecule has 2 aromatic rings. The summed E-state index contributed by atoms with van der Waals surface area (Å²) in [5.74, 6) is -0.194. The van der Waals surface area contributed by atoms with Gasteiger partial charge in [-0.25, -0.2) is 4.39 Å². The van der Waals surface area contributed by atoms with Crippen molar-refractivity contribution in [2.24, 2.45) is 0 Å². The first kappa shape index (κ1) is 15.5. The standard InChI is InChI=1S/C16H16BrClFN/c1-11(8-12-2-5-14(19)6-3-12)20-10-13-4-7-16(18)15(17)9-13/h2-7,9,11,20H,8,10H2,1H3. The largest absolute Gasteiger partial charge is 0.310 e. The average molecular weight is 357 g/mol. The van der Waals surface area contributed by atoms with Crippen molar-refractivity contribution in [2.75, 3.05) is 0 Å². The second kappa shape index (κ2) is 7.21. The van der Waals surface area contributed by atoms with Crippen molar-refractivity contribution in [1.29, 1.82) is 0 Å². The van der Waals surface area contributed by atoms with Crippen LogP contribution >= 0.6 is 27.5 Å². The van der Waals surface area contributed by atoms with Crippen LogP contribution in [-0.2, 0) is 13.0 Å². The number of hydrogen-bond donors (Lipinski definition) is 1. The third-order valence-electron chi connectivity index (χ3n) is 3.09. The molecule has 1 nitrogen and oxygen atoms in total. The Balaban J connectivity index is 1.86. The van der Waals surface area contributed by atoms with Crippen LogP contribution in [0.2, 0.25) is 5.02 Å². The maximum atomic E-state index is 12.8. The third-order valence-corrected chi connectivity index (χ3v) is 4.31. The zero-order valence-electron chi connectivity index (χ0n) is 11.2. The van der Waals surface area contributed by atoms with E-state index in [1.54, 1.807) is 0 Å². The molecule has 0 saturated carbocycles. The first-order valence-electron chi connectivity index (χ1n) is 6.46. The quantitative estimate of drug-likeness (QED) is 0.798. The van der Waals surface area contributed by atoms with Crippen molar-refractivity contribution < 1.29 is 4.39 Å².